The van der Waals surface area contributed by atoms with Crippen LogP contribution in [0.25, 0.3) is 0 Å². The van der Waals surface area contributed by atoms with Crippen LogP contribution in [-0.2, 0) is 16.1 Å². The summed E-state index contributed by atoms with van der Waals surface area (Å²) in [6.45, 7) is 2.59. The molecule has 2 aromatic carbocycles. The molecule has 2 atom stereocenters. The number of hydrogen-bond donors (Lipinski definition) is 2. The van der Waals surface area contributed by atoms with Gasteiger partial charge in [0.25, 0.3) is 11.8 Å². The van der Waals surface area contributed by atoms with E-state index in [4.69, 9.17) is 15.2 Å². The summed E-state index contributed by atoms with van der Waals surface area (Å²) in [6, 6.07) is 14.3. The fraction of sp³-hybridized carbons (Fsp3) is 0.391. The van der Waals surface area contributed by atoms with Crippen molar-refractivity contribution in [1.29, 1.82) is 0 Å². The first-order valence-corrected chi connectivity index (χ1v) is 10.0. The Morgan fingerprint density at radius 3 is 2.76 bits per heavy atom. The predicted molar refractivity (Wildman–Crippen MR) is 112 cm³/mol. The highest BCUT2D eigenvalue weighted by atomic mass is 16.5. The molecule has 0 spiro atoms. The summed E-state index contributed by atoms with van der Waals surface area (Å²) in [5.41, 5.74) is 7.25. The second kappa shape index (κ2) is 10.1. The molecule has 29 heavy (non-hydrogen) atoms. The highest BCUT2D eigenvalue weighted by Crippen LogP contribution is 2.26. The lowest BCUT2D eigenvalue weighted by Gasteiger charge is -2.26. The number of primary amides is 1. The molecule has 6 heteroatoms. The Kier molecular flexibility index (Phi) is 7.25. The minimum absolute atomic E-state index is 0.229. The van der Waals surface area contributed by atoms with E-state index in [1.807, 2.05) is 24.3 Å². The summed E-state index contributed by atoms with van der Waals surface area (Å²) in [5, 5.41) is 2.89. The average molecular weight is 396 g/mol. The number of rotatable bonds is 8. The van der Waals surface area contributed by atoms with E-state index in [1.165, 1.54) is 12.8 Å². The van der Waals surface area contributed by atoms with Gasteiger partial charge in [-0.15, -0.1) is 0 Å². The molecule has 0 radical (unpaired) electrons. The number of benzene rings is 2. The third-order valence-corrected chi connectivity index (χ3v) is 5.04. The molecule has 0 heterocycles. The minimum atomic E-state index is -0.568. The molecule has 1 saturated carbocycles. The quantitative estimate of drug-likeness (QED) is 0.708. The SMILES string of the molecule is CC1CCCC(OCc2cccc(NC(=O)c3cccc(OCC(N)=O)c3)c2)C1. The molecule has 1 aliphatic rings. The fourth-order valence-corrected chi connectivity index (χ4v) is 3.57. The average Bonchev–Trinajstić information content (AvgIpc) is 2.71. The Morgan fingerprint density at radius 1 is 1.14 bits per heavy atom. The van der Waals surface area contributed by atoms with Gasteiger partial charge in [-0.25, -0.2) is 0 Å². The number of ether oxygens (including phenoxy) is 2. The van der Waals surface area contributed by atoms with E-state index in [-0.39, 0.29) is 12.5 Å². The molecule has 3 rings (SSSR count). The van der Waals surface area contributed by atoms with Gasteiger partial charge in [-0.3, -0.25) is 9.59 Å². The van der Waals surface area contributed by atoms with E-state index in [9.17, 15) is 9.59 Å². The standard InChI is InChI=1S/C23H28N2O4/c1-16-5-2-9-20(11-16)28-14-17-6-3-8-19(12-17)25-23(27)18-7-4-10-21(13-18)29-15-22(24)26/h3-4,6-8,10,12-13,16,20H,2,5,9,11,14-15H2,1H3,(H2,24,26)(H,25,27). The fourth-order valence-electron chi connectivity index (χ4n) is 3.57. The summed E-state index contributed by atoms with van der Waals surface area (Å²) in [5.74, 6) is 0.317. The number of carbonyl (C=O) groups is 2. The highest BCUT2D eigenvalue weighted by Gasteiger charge is 2.19. The second-order valence-electron chi connectivity index (χ2n) is 7.64. The number of amides is 2. The third kappa shape index (κ3) is 6.61. The predicted octanol–water partition coefficient (Wildman–Crippen LogP) is 3.90. The molecule has 0 saturated heterocycles. The zero-order chi connectivity index (χ0) is 20.6. The van der Waals surface area contributed by atoms with Crippen molar-refractivity contribution < 1.29 is 19.1 Å². The Hall–Kier alpha value is -2.86. The number of nitrogens with two attached hydrogens (primary N) is 1. The van der Waals surface area contributed by atoms with E-state index < -0.39 is 5.91 Å². The summed E-state index contributed by atoms with van der Waals surface area (Å²) >= 11 is 0. The van der Waals surface area contributed by atoms with E-state index in [0.29, 0.717) is 29.7 Å². The van der Waals surface area contributed by atoms with Gasteiger partial charge in [-0.05, 0) is 54.7 Å². The van der Waals surface area contributed by atoms with Crippen molar-refractivity contribution in [3.63, 3.8) is 0 Å². The lowest BCUT2D eigenvalue weighted by molar-refractivity contribution is -0.119. The number of nitrogens with one attached hydrogen (secondary N) is 1. The first kappa shape index (κ1) is 20.9. The van der Waals surface area contributed by atoms with Gasteiger partial charge in [0.1, 0.15) is 5.75 Å². The van der Waals surface area contributed by atoms with Crippen LogP contribution >= 0.6 is 0 Å². The minimum Gasteiger partial charge on any atom is -0.484 e. The topological polar surface area (TPSA) is 90.7 Å². The zero-order valence-corrected chi connectivity index (χ0v) is 16.7. The number of anilines is 1. The van der Waals surface area contributed by atoms with Crippen LogP contribution < -0.4 is 15.8 Å². The van der Waals surface area contributed by atoms with Crippen molar-refractivity contribution in [2.45, 2.75) is 45.3 Å². The summed E-state index contributed by atoms with van der Waals surface area (Å²) in [4.78, 5) is 23.4. The van der Waals surface area contributed by atoms with E-state index in [1.54, 1.807) is 24.3 Å². The van der Waals surface area contributed by atoms with Crippen molar-refractivity contribution in [3.05, 3.63) is 59.7 Å². The molecule has 1 fully saturated rings. The van der Waals surface area contributed by atoms with Gasteiger partial charge >= 0.3 is 0 Å². The lowest BCUT2D eigenvalue weighted by Crippen LogP contribution is -2.21. The summed E-state index contributed by atoms with van der Waals surface area (Å²) in [6.07, 6.45) is 5.07. The maximum Gasteiger partial charge on any atom is 0.255 e. The van der Waals surface area contributed by atoms with Crippen LogP contribution in [0.4, 0.5) is 5.69 Å². The van der Waals surface area contributed by atoms with Gasteiger partial charge in [0.2, 0.25) is 0 Å². The molecule has 3 N–H and O–H groups in total. The Bertz CT molecular complexity index is 852. The smallest absolute Gasteiger partial charge is 0.255 e. The molecular formula is C23H28N2O4. The largest absolute Gasteiger partial charge is 0.484 e. The van der Waals surface area contributed by atoms with Crippen LogP contribution in [-0.4, -0.2) is 24.5 Å². The van der Waals surface area contributed by atoms with Crippen molar-refractivity contribution >= 4 is 17.5 Å². The highest BCUT2D eigenvalue weighted by molar-refractivity contribution is 6.04. The van der Waals surface area contributed by atoms with E-state index in [0.717, 1.165) is 24.3 Å². The molecule has 2 amide bonds. The Balaban J connectivity index is 1.57. The van der Waals surface area contributed by atoms with Crippen molar-refractivity contribution in [3.8, 4) is 5.75 Å². The normalized spacial score (nSPS) is 18.8. The molecule has 2 aromatic rings. The van der Waals surface area contributed by atoms with E-state index in [2.05, 4.69) is 12.2 Å². The molecule has 0 aromatic heterocycles. The summed E-state index contributed by atoms with van der Waals surface area (Å²) in [7, 11) is 0. The van der Waals surface area contributed by atoms with Crippen LogP contribution in [0.5, 0.6) is 5.75 Å². The molecular weight excluding hydrogens is 368 g/mol. The second-order valence-corrected chi connectivity index (χ2v) is 7.64. The van der Waals surface area contributed by atoms with Gasteiger partial charge in [0, 0.05) is 11.3 Å². The molecule has 0 bridgehead atoms. The third-order valence-electron chi connectivity index (χ3n) is 5.04. The van der Waals surface area contributed by atoms with Crippen molar-refractivity contribution in [2.24, 2.45) is 11.7 Å². The van der Waals surface area contributed by atoms with Gasteiger partial charge in [0.05, 0.1) is 12.7 Å². The van der Waals surface area contributed by atoms with Gasteiger partial charge in [0.15, 0.2) is 6.61 Å². The molecule has 154 valence electrons. The Labute approximate surface area is 171 Å². The number of hydrogen-bond acceptors (Lipinski definition) is 4. The van der Waals surface area contributed by atoms with Crippen LogP contribution in [0.3, 0.4) is 0 Å². The van der Waals surface area contributed by atoms with Gasteiger partial charge in [-0.2, -0.15) is 0 Å². The maximum atomic E-state index is 12.6. The maximum absolute atomic E-state index is 12.6. The van der Waals surface area contributed by atoms with E-state index >= 15 is 0 Å². The van der Waals surface area contributed by atoms with Gasteiger partial charge in [-0.1, -0.05) is 38.0 Å². The first-order chi connectivity index (χ1) is 14.0. The van der Waals surface area contributed by atoms with Crippen LogP contribution in [0, 0.1) is 5.92 Å². The monoisotopic (exact) mass is 396 g/mol. The van der Waals surface area contributed by atoms with Crippen LogP contribution in [0.15, 0.2) is 48.5 Å². The van der Waals surface area contributed by atoms with Crippen LogP contribution in [0.1, 0.15) is 48.5 Å². The van der Waals surface area contributed by atoms with Crippen molar-refractivity contribution in [1.82, 2.24) is 0 Å². The van der Waals surface area contributed by atoms with Gasteiger partial charge < -0.3 is 20.5 Å². The first-order valence-electron chi connectivity index (χ1n) is 10.0. The molecule has 0 aliphatic heterocycles. The molecule has 1 aliphatic carbocycles. The zero-order valence-electron chi connectivity index (χ0n) is 16.7. The van der Waals surface area contributed by atoms with Crippen molar-refractivity contribution in [2.75, 3.05) is 11.9 Å². The molecule has 2 unspecified atom stereocenters. The van der Waals surface area contributed by atoms with Crippen LogP contribution in [0.2, 0.25) is 0 Å². The summed E-state index contributed by atoms with van der Waals surface area (Å²) < 4.78 is 11.3. The molecule has 6 nitrogen and oxygen atoms in total. The number of carbonyl (C=O) groups excluding carboxylic acids is 2. The lowest BCUT2D eigenvalue weighted by atomic mass is 9.89. The Morgan fingerprint density at radius 2 is 1.97 bits per heavy atom.